The van der Waals surface area contributed by atoms with Crippen molar-refractivity contribution in [3.8, 4) is 0 Å². The maximum Gasteiger partial charge on any atom is 0.277 e. The molecule has 1 N–H and O–H groups in total. The summed E-state index contributed by atoms with van der Waals surface area (Å²) in [5.74, 6) is -0.156. The first-order chi connectivity index (χ1) is 7.63. The molecule has 84 valence electrons. The molecule has 0 fully saturated rings. The third-order valence-corrected chi connectivity index (χ3v) is 2.70. The van der Waals surface area contributed by atoms with Crippen LogP contribution in [0.2, 0.25) is 0 Å². The van der Waals surface area contributed by atoms with Crippen LogP contribution in [0.3, 0.4) is 0 Å². The number of hydrogen-bond acceptors (Lipinski definition) is 2. The Balaban J connectivity index is 2.43. The largest absolute Gasteiger partial charge is 0.361 e. The van der Waals surface area contributed by atoms with Gasteiger partial charge in [-0.3, -0.25) is 9.63 Å². The van der Waals surface area contributed by atoms with Gasteiger partial charge in [0.1, 0.15) is 0 Å². The van der Waals surface area contributed by atoms with E-state index in [0.29, 0.717) is 5.56 Å². The van der Waals surface area contributed by atoms with Crippen LogP contribution in [0, 0.1) is 6.92 Å². The smallest absolute Gasteiger partial charge is 0.277 e. The second kappa shape index (κ2) is 3.98. The van der Waals surface area contributed by atoms with Gasteiger partial charge in [0.05, 0.1) is 7.11 Å². The minimum Gasteiger partial charge on any atom is -0.361 e. The number of carbonyl (C=O) groups is 1. The molecule has 0 aliphatic heterocycles. The summed E-state index contributed by atoms with van der Waals surface area (Å²) in [5, 5.41) is 2.34. The number of nitrogens with one attached hydrogen (secondary N) is 1. The number of aromatic amines is 1. The van der Waals surface area contributed by atoms with E-state index < -0.39 is 0 Å². The Morgan fingerprint density at radius 1 is 1.44 bits per heavy atom. The van der Waals surface area contributed by atoms with Crippen LogP contribution in [-0.4, -0.2) is 30.1 Å². The fourth-order valence-corrected chi connectivity index (χ4v) is 1.67. The third kappa shape index (κ3) is 1.67. The summed E-state index contributed by atoms with van der Waals surface area (Å²) >= 11 is 0. The summed E-state index contributed by atoms with van der Waals surface area (Å²) in [4.78, 5) is 19.8. The van der Waals surface area contributed by atoms with Crippen LogP contribution in [0.25, 0.3) is 10.9 Å². The maximum absolute atomic E-state index is 11.8. The number of rotatable bonds is 2. The molecule has 0 unspecified atom stereocenters. The Kier molecular flexibility index (Phi) is 2.66. The highest BCUT2D eigenvalue weighted by atomic mass is 16.7. The van der Waals surface area contributed by atoms with E-state index in [-0.39, 0.29) is 5.91 Å². The van der Waals surface area contributed by atoms with Crippen LogP contribution >= 0.6 is 0 Å². The SMILES string of the molecule is CON(C)C(=O)c1ccc2c(C)c[nH]c2c1. The summed E-state index contributed by atoms with van der Waals surface area (Å²) in [6, 6.07) is 5.58. The molecule has 4 heteroatoms. The van der Waals surface area contributed by atoms with E-state index in [1.807, 2.05) is 25.3 Å². The van der Waals surface area contributed by atoms with Crippen molar-refractivity contribution in [1.29, 1.82) is 0 Å². The molecule has 0 radical (unpaired) electrons. The first kappa shape index (κ1) is 10.7. The molecule has 1 amide bonds. The highest BCUT2D eigenvalue weighted by Crippen LogP contribution is 2.19. The molecule has 16 heavy (non-hydrogen) atoms. The van der Waals surface area contributed by atoms with Gasteiger partial charge in [-0.2, -0.15) is 0 Å². The van der Waals surface area contributed by atoms with Crippen LogP contribution in [-0.2, 0) is 4.84 Å². The zero-order valence-corrected chi connectivity index (χ0v) is 9.57. The average molecular weight is 218 g/mol. The molecular weight excluding hydrogens is 204 g/mol. The van der Waals surface area contributed by atoms with E-state index >= 15 is 0 Å². The summed E-state index contributed by atoms with van der Waals surface area (Å²) < 4.78 is 0. The zero-order valence-electron chi connectivity index (χ0n) is 9.57. The highest BCUT2D eigenvalue weighted by Gasteiger charge is 2.12. The minimum absolute atomic E-state index is 0.156. The second-order valence-corrected chi connectivity index (χ2v) is 3.72. The lowest BCUT2D eigenvalue weighted by atomic mass is 10.1. The average Bonchev–Trinajstić information content (AvgIpc) is 2.68. The van der Waals surface area contributed by atoms with Crippen molar-refractivity contribution in [2.45, 2.75) is 6.92 Å². The van der Waals surface area contributed by atoms with E-state index in [9.17, 15) is 4.79 Å². The van der Waals surface area contributed by atoms with Crippen LogP contribution in [0.5, 0.6) is 0 Å². The van der Waals surface area contributed by atoms with E-state index in [2.05, 4.69) is 4.98 Å². The van der Waals surface area contributed by atoms with Gasteiger partial charge in [0.2, 0.25) is 0 Å². The van der Waals surface area contributed by atoms with E-state index in [0.717, 1.165) is 10.9 Å². The number of benzene rings is 1. The second-order valence-electron chi connectivity index (χ2n) is 3.72. The molecule has 1 aromatic heterocycles. The minimum atomic E-state index is -0.156. The van der Waals surface area contributed by atoms with E-state index in [1.54, 1.807) is 13.1 Å². The van der Waals surface area contributed by atoms with Crippen molar-refractivity contribution in [2.75, 3.05) is 14.2 Å². The lowest BCUT2D eigenvalue weighted by Crippen LogP contribution is -2.25. The van der Waals surface area contributed by atoms with Gasteiger partial charge in [0.15, 0.2) is 0 Å². The number of aromatic nitrogens is 1. The van der Waals surface area contributed by atoms with Crippen LogP contribution in [0.1, 0.15) is 15.9 Å². The standard InChI is InChI=1S/C12H14N2O2/c1-8-7-13-11-6-9(4-5-10(8)11)12(15)14(2)16-3/h4-7,13H,1-3H3. The van der Waals surface area contributed by atoms with Gasteiger partial charge >= 0.3 is 0 Å². The van der Waals surface area contributed by atoms with E-state index in [4.69, 9.17) is 4.84 Å². The number of hydroxylamine groups is 2. The predicted octanol–water partition coefficient (Wildman–Crippen LogP) is 2.11. The molecule has 0 aliphatic rings. The van der Waals surface area contributed by atoms with Gasteiger partial charge in [-0.05, 0) is 24.6 Å². The number of fused-ring (bicyclic) bond motifs is 1. The van der Waals surface area contributed by atoms with Gasteiger partial charge in [-0.15, -0.1) is 0 Å². The van der Waals surface area contributed by atoms with Crippen molar-refractivity contribution in [2.24, 2.45) is 0 Å². The molecular formula is C12H14N2O2. The number of H-pyrrole nitrogens is 1. The third-order valence-electron chi connectivity index (χ3n) is 2.70. The molecule has 0 spiro atoms. The van der Waals surface area contributed by atoms with Crippen molar-refractivity contribution in [3.63, 3.8) is 0 Å². The molecule has 2 rings (SSSR count). The number of hydrogen-bond donors (Lipinski definition) is 1. The number of nitrogens with zero attached hydrogens (tertiary/aromatic N) is 1. The molecule has 0 saturated heterocycles. The lowest BCUT2D eigenvalue weighted by molar-refractivity contribution is -0.0756. The first-order valence-corrected chi connectivity index (χ1v) is 5.03. The van der Waals surface area contributed by atoms with Crippen molar-refractivity contribution < 1.29 is 9.63 Å². The normalized spacial score (nSPS) is 10.7. The quantitative estimate of drug-likeness (QED) is 0.785. The van der Waals surface area contributed by atoms with Crippen LogP contribution < -0.4 is 0 Å². The molecule has 1 heterocycles. The Bertz CT molecular complexity index is 531. The molecule has 0 bridgehead atoms. The molecule has 1 aromatic carbocycles. The Morgan fingerprint density at radius 2 is 2.19 bits per heavy atom. The van der Waals surface area contributed by atoms with Gasteiger partial charge in [0.25, 0.3) is 5.91 Å². The maximum atomic E-state index is 11.8. The molecule has 0 atom stereocenters. The van der Waals surface area contributed by atoms with Crippen molar-refractivity contribution >= 4 is 16.8 Å². The van der Waals surface area contributed by atoms with Gasteiger partial charge in [0, 0.05) is 29.7 Å². The van der Waals surface area contributed by atoms with E-state index in [1.165, 1.54) is 17.7 Å². The Hall–Kier alpha value is -1.81. The van der Waals surface area contributed by atoms with Gasteiger partial charge < -0.3 is 4.98 Å². The lowest BCUT2D eigenvalue weighted by Gasteiger charge is -2.13. The zero-order chi connectivity index (χ0) is 11.7. The van der Waals surface area contributed by atoms with Gasteiger partial charge in [-0.25, -0.2) is 5.06 Å². The van der Waals surface area contributed by atoms with Crippen molar-refractivity contribution in [3.05, 3.63) is 35.5 Å². The Labute approximate surface area is 93.8 Å². The molecule has 0 aliphatic carbocycles. The molecule has 4 nitrogen and oxygen atoms in total. The summed E-state index contributed by atoms with van der Waals surface area (Å²) in [6.45, 7) is 2.03. The van der Waals surface area contributed by atoms with Gasteiger partial charge in [-0.1, -0.05) is 6.07 Å². The fraction of sp³-hybridized carbons (Fsp3) is 0.250. The Morgan fingerprint density at radius 3 is 2.88 bits per heavy atom. The molecule has 2 aromatic rings. The predicted molar refractivity (Wildman–Crippen MR) is 62.1 cm³/mol. The summed E-state index contributed by atoms with van der Waals surface area (Å²) in [5.41, 5.74) is 2.75. The highest BCUT2D eigenvalue weighted by molar-refractivity contribution is 5.97. The summed E-state index contributed by atoms with van der Waals surface area (Å²) in [7, 11) is 3.06. The molecule has 0 saturated carbocycles. The monoisotopic (exact) mass is 218 g/mol. The fourth-order valence-electron chi connectivity index (χ4n) is 1.67. The number of aryl methyl sites for hydroxylation is 1. The number of amides is 1. The summed E-state index contributed by atoms with van der Waals surface area (Å²) in [6.07, 6.45) is 1.93. The van der Waals surface area contributed by atoms with Crippen LogP contribution in [0.15, 0.2) is 24.4 Å². The van der Waals surface area contributed by atoms with Crippen molar-refractivity contribution in [1.82, 2.24) is 10.0 Å². The number of carbonyl (C=O) groups excluding carboxylic acids is 1. The van der Waals surface area contributed by atoms with Crippen LogP contribution in [0.4, 0.5) is 0 Å². The first-order valence-electron chi connectivity index (χ1n) is 5.03. The topological polar surface area (TPSA) is 45.3 Å².